The molecule has 0 radical (unpaired) electrons. The molecule has 0 saturated carbocycles. The molecular weight excluding hydrogens is 366 g/mol. The summed E-state index contributed by atoms with van der Waals surface area (Å²) in [6.07, 6.45) is 1.84. The molecule has 122 valence electrons. The Labute approximate surface area is 149 Å². The van der Waals surface area contributed by atoms with Gasteiger partial charge in [-0.15, -0.1) is 34.4 Å². The summed E-state index contributed by atoms with van der Waals surface area (Å²) in [5.41, 5.74) is 0.581. The fraction of sp³-hybridized carbons (Fsp3) is 0.0667. The van der Waals surface area contributed by atoms with Gasteiger partial charge >= 0.3 is 0 Å². The molecule has 24 heavy (non-hydrogen) atoms. The fourth-order valence-electron chi connectivity index (χ4n) is 2.02. The van der Waals surface area contributed by atoms with Gasteiger partial charge in [0.15, 0.2) is 5.13 Å². The number of amides is 1. The maximum Gasteiger partial charge on any atom is 0.282 e. The lowest BCUT2D eigenvalue weighted by atomic mass is 10.1. The van der Waals surface area contributed by atoms with Crippen LogP contribution in [0.1, 0.15) is 10.4 Å². The first-order chi connectivity index (χ1) is 11.6. The standard InChI is InChI=1S/C15H11N3O3S3/c1-22-9-4-5-12(18(20)21)10(7-9)14(19)17-15-16-11(8-24-15)13-3-2-6-23-13/h2-8H,1H3,(H,16,17,19). The van der Waals surface area contributed by atoms with Crippen LogP contribution in [0.25, 0.3) is 10.6 Å². The minimum absolute atomic E-state index is 0.0275. The minimum atomic E-state index is -0.558. The van der Waals surface area contributed by atoms with E-state index in [4.69, 9.17) is 0 Å². The van der Waals surface area contributed by atoms with Crippen molar-refractivity contribution in [2.24, 2.45) is 0 Å². The van der Waals surface area contributed by atoms with E-state index in [9.17, 15) is 14.9 Å². The molecule has 0 aliphatic carbocycles. The molecule has 3 rings (SSSR count). The molecule has 1 N–H and O–H groups in total. The highest BCUT2D eigenvalue weighted by atomic mass is 32.2. The number of thiazole rings is 1. The SMILES string of the molecule is CSc1ccc([N+](=O)[O-])c(C(=O)Nc2nc(-c3cccs3)cs2)c1. The van der Waals surface area contributed by atoms with Gasteiger partial charge in [-0.1, -0.05) is 6.07 Å². The summed E-state index contributed by atoms with van der Waals surface area (Å²) in [4.78, 5) is 29.2. The number of anilines is 1. The van der Waals surface area contributed by atoms with E-state index in [0.717, 1.165) is 15.5 Å². The Hall–Kier alpha value is -2.23. The second-order valence-corrected chi connectivity index (χ2v) is 7.29. The zero-order chi connectivity index (χ0) is 17.1. The molecule has 0 atom stereocenters. The number of nitro benzene ring substituents is 1. The van der Waals surface area contributed by atoms with Crippen LogP contribution in [0.2, 0.25) is 0 Å². The topological polar surface area (TPSA) is 85.1 Å². The molecule has 3 aromatic rings. The Kier molecular flexibility index (Phi) is 4.93. The quantitative estimate of drug-likeness (QED) is 0.394. The summed E-state index contributed by atoms with van der Waals surface area (Å²) in [6, 6.07) is 8.36. The minimum Gasteiger partial charge on any atom is -0.298 e. The lowest BCUT2D eigenvalue weighted by molar-refractivity contribution is -0.385. The number of benzene rings is 1. The van der Waals surface area contributed by atoms with Gasteiger partial charge in [0.05, 0.1) is 15.5 Å². The van der Waals surface area contributed by atoms with Gasteiger partial charge in [0.2, 0.25) is 0 Å². The van der Waals surface area contributed by atoms with Crippen molar-refractivity contribution >= 4 is 51.2 Å². The average molecular weight is 377 g/mol. The number of thiophene rings is 1. The lowest BCUT2D eigenvalue weighted by Crippen LogP contribution is -2.14. The number of hydrogen-bond donors (Lipinski definition) is 1. The van der Waals surface area contributed by atoms with Crippen molar-refractivity contribution in [1.29, 1.82) is 0 Å². The van der Waals surface area contributed by atoms with Crippen molar-refractivity contribution in [2.75, 3.05) is 11.6 Å². The zero-order valence-corrected chi connectivity index (χ0v) is 14.8. The first-order valence-electron chi connectivity index (χ1n) is 6.71. The molecule has 0 unspecified atom stereocenters. The summed E-state index contributed by atoms with van der Waals surface area (Å²) in [6.45, 7) is 0. The van der Waals surface area contributed by atoms with Crippen LogP contribution < -0.4 is 5.32 Å². The van der Waals surface area contributed by atoms with Crippen LogP contribution in [0.4, 0.5) is 10.8 Å². The van der Waals surface area contributed by atoms with Crippen LogP contribution in [0.15, 0.2) is 46.0 Å². The highest BCUT2D eigenvalue weighted by Gasteiger charge is 2.21. The summed E-state index contributed by atoms with van der Waals surface area (Å²) in [5, 5.41) is 18.0. The third-order valence-electron chi connectivity index (χ3n) is 3.14. The Morgan fingerprint density at radius 3 is 2.83 bits per heavy atom. The second-order valence-electron chi connectivity index (χ2n) is 4.61. The van der Waals surface area contributed by atoms with Gasteiger partial charge in [-0.3, -0.25) is 20.2 Å². The number of nitrogens with one attached hydrogen (secondary N) is 1. The number of rotatable bonds is 5. The largest absolute Gasteiger partial charge is 0.298 e. The smallest absolute Gasteiger partial charge is 0.282 e. The lowest BCUT2D eigenvalue weighted by Gasteiger charge is -2.05. The molecule has 0 saturated heterocycles. The molecule has 0 fully saturated rings. The Morgan fingerprint density at radius 1 is 1.33 bits per heavy atom. The number of nitrogens with zero attached hydrogens (tertiary/aromatic N) is 2. The summed E-state index contributed by atoms with van der Waals surface area (Å²) < 4.78 is 0. The van der Waals surface area contributed by atoms with Gasteiger partial charge < -0.3 is 0 Å². The van der Waals surface area contributed by atoms with E-state index in [1.807, 2.05) is 29.1 Å². The van der Waals surface area contributed by atoms with Crippen molar-refractivity contribution < 1.29 is 9.72 Å². The Morgan fingerprint density at radius 2 is 2.17 bits per heavy atom. The van der Waals surface area contributed by atoms with Crippen molar-refractivity contribution in [3.63, 3.8) is 0 Å². The summed E-state index contributed by atoms with van der Waals surface area (Å²) in [5.74, 6) is -0.537. The fourth-order valence-corrected chi connectivity index (χ4v) is 3.92. The van der Waals surface area contributed by atoms with Crippen LogP contribution >= 0.6 is 34.4 Å². The van der Waals surface area contributed by atoms with Gasteiger partial charge in [0.25, 0.3) is 11.6 Å². The predicted octanol–water partition coefficient (Wildman–Crippen LogP) is 4.75. The molecule has 1 amide bonds. The van der Waals surface area contributed by atoms with Crippen LogP contribution in [0.3, 0.4) is 0 Å². The number of carbonyl (C=O) groups excluding carboxylic acids is 1. The number of aromatic nitrogens is 1. The van der Waals surface area contributed by atoms with Crippen molar-refractivity contribution in [3.05, 3.63) is 56.8 Å². The third kappa shape index (κ3) is 3.48. The maximum atomic E-state index is 12.4. The van der Waals surface area contributed by atoms with Crippen molar-refractivity contribution in [2.45, 2.75) is 4.90 Å². The normalized spacial score (nSPS) is 10.5. The molecule has 2 aromatic heterocycles. The summed E-state index contributed by atoms with van der Waals surface area (Å²) >= 11 is 4.25. The molecule has 0 bridgehead atoms. The van der Waals surface area contributed by atoms with Gasteiger partial charge in [-0.05, 0) is 29.8 Å². The van der Waals surface area contributed by atoms with E-state index >= 15 is 0 Å². The van der Waals surface area contributed by atoms with Crippen LogP contribution in [-0.4, -0.2) is 22.1 Å². The van der Waals surface area contributed by atoms with Crippen molar-refractivity contribution in [1.82, 2.24) is 4.98 Å². The molecular formula is C15H11N3O3S3. The molecule has 2 heterocycles. The van der Waals surface area contributed by atoms with E-state index in [0.29, 0.717) is 5.13 Å². The Bertz CT molecular complexity index is 891. The van der Waals surface area contributed by atoms with E-state index in [1.54, 1.807) is 17.4 Å². The monoisotopic (exact) mass is 377 g/mol. The van der Waals surface area contributed by atoms with Crippen LogP contribution in [0, 0.1) is 10.1 Å². The van der Waals surface area contributed by atoms with E-state index in [1.165, 1.54) is 35.2 Å². The number of carbonyl (C=O) groups is 1. The number of hydrogen-bond acceptors (Lipinski definition) is 7. The van der Waals surface area contributed by atoms with Gasteiger partial charge in [-0.2, -0.15) is 0 Å². The van der Waals surface area contributed by atoms with Crippen molar-refractivity contribution in [3.8, 4) is 10.6 Å². The molecule has 9 heteroatoms. The highest BCUT2D eigenvalue weighted by Crippen LogP contribution is 2.30. The number of nitro groups is 1. The van der Waals surface area contributed by atoms with E-state index in [-0.39, 0.29) is 11.3 Å². The van der Waals surface area contributed by atoms with E-state index in [2.05, 4.69) is 10.3 Å². The zero-order valence-electron chi connectivity index (χ0n) is 12.4. The summed E-state index contributed by atoms with van der Waals surface area (Å²) in [7, 11) is 0. The molecule has 6 nitrogen and oxygen atoms in total. The second kappa shape index (κ2) is 7.12. The molecule has 0 aliphatic rings. The first kappa shape index (κ1) is 16.6. The molecule has 0 spiro atoms. The van der Waals surface area contributed by atoms with Crippen LogP contribution in [-0.2, 0) is 0 Å². The first-order valence-corrected chi connectivity index (χ1v) is 9.70. The third-order valence-corrected chi connectivity index (χ3v) is 5.52. The van der Waals surface area contributed by atoms with Gasteiger partial charge in [0.1, 0.15) is 5.56 Å². The van der Waals surface area contributed by atoms with Crippen LogP contribution in [0.5, 0.6) is 0 Å². The molecule has 1 aromatic carbocycles. The molecule has 0 aliphatic heterocycles. The average Bonchev–Trinajstić information content (AvgIpc) is 3.25. The van der Waals surface area contributed by atoms with Gasteiger partial charge in [-0.25, -0.2) is 4.98 Å². The maximum absolute atomic E-state index is 12.4. The van der Waals surface area contributed by atoms with Gasteiger partial charge in [0, 0.05) is 16.3 Å². The Balaban J connectivity index is 1.86. The predicted molar refractivity (Wildman–Crippen MR) is 98.3 cm³/mol. The van der Waals surface area contributed by atoms with E-state index < -0.39 is 10.8 Å². The number of thioether (sulfide) groups is 1. The highest BCUT2D eigenvalue weighted by molar-refractivity contribution is 7.98.